The van der Waals surface area contributed by atoms with Gasteiger partial charge in [0, 0.05) is 12.1 Å². The zero-order chi connectivity index (χ0) is 20.8. The van der Waals surface area contributed by atoms with Gasteiger partial charge in [0.15, 0.2) is 5.92 Å². The predicted octanol–water partition coefficient (Wildman–Crippen LogP) is 3.11. The van der Waals surface area contributed by atoms with Gasteiger partial charge in [0.25, 0.3) is 5.88 Å². The summed E-state index contributed by atoms with van der Waals surface area (Å²) in [7, 11) is 1.59. The Bertz CT molecular complexity index is 1000. The number of nitriles is 2. The van der Waals surface area contributed by atoms with Crippen LogP contribution >= 0.6 is 0 Å². The number of rotatable bonds is 7. The second-order valence-corrected chi connectivity index (χ2v) is 6.35. The Labute approximate surface area is 167 Å². The van der Waals surface area contributed by atoms with Gasteiger partial charge in [0.2, 0.25) is 0 Å². The van der Waals surface area contributed by atoms with Crippen LogP contribution in [0.25, 0.3) is 0 Å². The van der Waals surface area contributed by atoms with Gasteiger partial charge in [-0.2, -0.15) is 10.5 Å². The van der Waals surface area contributed by atoms with Gasteiger partial charge in [-0.25, -0.2) is 0 Å². The molecule has 1 aliphatic rings. The van der Waals surface area contributed by atoms with Gasteiger partial charge in [-0.1, -0.05) is 30.3 Å². The van der Waals surface area contributed by atoms with Crippen LogP contribution in [0.15, 0.2) is 60.1 Å². The first-order valence-electron chi connectivity index (χ1n) is 8.90. The highest BCUT2D eigenvalue weighted by Gasteiger charge is 2.43. The maximum Gasteiger partial charge on any atom is 0.315 e. The molecular formula is C21H18N4O4. The van der Waals surface area contributed by atoms with Crippen molar-refractivity contribution in [2.45, 2.75) is 12.3 Å². The number of fused-ring (bicyclic) bond motifs is 1. The van der Waals surface area contributed by atoms with Crippen molar-refractivity contribution in [2.75, 3.05) is 13.7 Å². The molecule has 1 unspecified atom stereocenters. The van der Waals surface area contributed by atoms with Crippen LogP contribution in [0.3, 0.4) is 0 Å². The SMILES string of the molecule is COc1ccc(CCNC2=C([N+](=O)[O-])C(C(C#N)C#N)c3ccccc3O2)cc1. The van der Waals surface area contributed by atoms with Gasteiger partial charge >= 0.3 is 5.70 Å². The van der Waals surface area contributed by atoms with Crippen molar-refractivity contribution in [3.63, 3.8) is 0 Å². The van der Waals surface area contributed by atoms with E-state index in [0.29, 0.717) is 24.3 Å². The van der Waals surface area contributed by atoms with E-state index in [1.807, 2.05) is 36.4 Å². The molecule has 0 fully saturated rings. The second kappa shape index (κ2) is 8.77. The lowest BCUT2D eigenvalue weighted by Crippen LogP contribution is -2.32. The van der Waals surface area contributed by atoms with Crippen molar-refractivity contribution in [1.82, 2.24) is 5.32 Å². The van der Waals surface area contributed by atoms with Crippen molar-refractivity contribution in [3.8, 4) is 23.6 Å². The number of allylic oxidation sites excluding steroid dienone is 1. The molecule has 0 spiro atoms. The molecule has 1 N–H and O–H groups in total. The molecule has 0 bridgehead atoms. The maximum atomic E-state index is 11.8. The third-order valence-electron chi connectivity index (χ3n) is 4.66. The first-order chi connectivity index (χ1) is 14.1. The molecule has 2 aromatic rings. The molecule has 1 aliphatic heterocycles. The Hall–Kier alpha value is -4.04. The number of ether oxygens (including phenoxy) is 2. The number of nitrogens with one attached hydrogen (secondary N) is 1. The molecule has 1 atom stereocenters. The van der Waals surface area contributed by atoms with E-state index in [9.17, 15) is 20.6 Å². The summed E-state index contributed by atoms with van der Waals surface area (Å²) in [5.74, 6) is -1.12. The van der Waals surface area contributed by atoms with Crippen molar-refractivity contribution in [2.24, 2.45) is 5.92 Å². The lowest BCUT2D eigenvalue weighted by Gasteiger charge is -2.26. The molecule has 0 aliphatic carbocycles. The highest BCUT2D eigenvalue weighted by Crippen LogP contribution is 2.42. The number of methoxy groups -OCH3 is 1. The Morgan fingerprint density at radius 1 is 1.21 bits per heavy atom. The Kier molecular flexibility index (Phi) is 5.96. The monoisotopic (exact) mass is 390 g/mol. The van der Waals surface area contributed by atoms with E-state index >= 15 is 0 Å². The van der Waals surface area contributed by atoms with E-state index in [4.69, 9.17) is 9.47 Å². The van der Waals surface area contributed by atoms with E-state index in [2.05, 4.69) is 5.32 Å². The van der Waals surface area contributed by atoms with E-state index in [1.165, 1.54) is 0 Å². The number of hydrogen-bond acceptors (Lipinski definition) is 7. The van der Waals surface area contributed by atoms with Crippen LogP contribution in [0.2, 0.25) is 0 Å². The number of hydrogen-bond donors (Lipinski definition) is 1. The van der Waals surface area contributed by atoms with Crippen LogP contribution in [0.4, 0.5) is 0 Å². The van der Waals surface area contributed by atoms with Crippen molar-refractivity contribution < 1.29 is 14.4 Å². The fraction of sp³-hybridized carbons (Fsp3) is 0.238. The summed E-state index contributed by atoms with van der Waals surface area (Å²) in [5.41, 5.74) is 1.15. The number of para-hydroxylation sites is 1. The van der Waals surface area contributed by atoms with Gasteiger partial charge in [0.1, 0.15) is 17.4 Å². The average molecular weight is 390 g/mol. The first-order valence-corrected chi connectivity index (χ1v) is 8.90. The topological polar surface area (TPSA) is 121 Å². The summed E-state index contributed by atoms with van der Waals surface area (Å²) in [5, 5.41) is 33.5. The second-order valence-electron chi connectivity index (χ2n) is 6.35. The molecule has 0 saturated heterocycles. The smallest absolute Gasteiger partial charge is 0.315 e. The Balaban J connectivity index is 1.88. The van der Waals surface area contributed by atoms with Crippen LogP contribution in [-0.4, -0.2) is 18.6 Å². The molecule has 0 amide bonds. The third-order valence-corrected chi connectivity index (χ3v) is 4.66. The zero-order valence-electron chi connectivity index (χ0n) is 15.7. The molecule has 146 valence electrons. The quantitative estimate of drug-likeness (QED) is 0.569. The van der Waals surface area contributed by atoms with Gasteiger partial charge in [-0.15, -0.1) is 0 Å². The van der Waals surface area contributed by atoms with E-state index in [0.717, 1.165) is 11.3 Å². The number of benzene rings is 2. The van der Waals surface area contributed by atoms with Crippen LogP contribution in [-0.2, 0) is 6.42 Å². The summed E-state index contributed by atoms with van der Waals surface area (Å²) in [6.07, 6.45) is 0.591. The summed E-state index contributed by atoms with van der Waals surface area (Å²) >= 11 is 0. The normalized spacial score (nSPS) is 15.0. The van der Waals surface area contributed by atoms with Gasteiger partial charge in [-0.3, -0.25) is 10.1 Å². The van der Waals surface area contributed by atoms with E-state index in [-0.39, 0.29) is 11.6 Å². The fourth-order valence-electron chi connectivity index (χ4n) is 3.23. The lowest BCUT2D eigenvalue weighted by atomic mass is 9.83. The van der Waals surface area contributed by atoms with Crippen LogP contribution in [0.1, 0.15) is 17.0 Å². The highest BCUT2D eigenvalue weighted by atomic mass is 16.6. The molecule has 0 saturated carbocycles. The number of nitro groups is 1. The standard InChI is InChI=1S/C21H18N4O4/c1-28-16-8-6-14(7-9-16)10-11-24-21-20(25(26)27)19(15(12-22)13-23)17-4-2-3-5-18(17)29-21/h2-9,15,19,24H,10-11H2,1H3. The summed E-state index contributed by atoms with van der Waals surface area (Å²) in [4.78, 5) is 11.2. The zero-order valence-corrected chi connectivity index (χ0v) is 15.7. The van der Waals surface area contributed by atoms with Crippen LogP contribution in [0, 0.1) is 38.7 Å². The van der Waals surface area contributed by atoms with Gasteiger partial charge in [-0.05, 0) is 30.2 Å². The van der Waals surface area contributed by atoms with Crippen LogP contribution in [0.5, 0.6) is 11.5 Å². The molecule has 8 heteroatoms. The summed E-state index contributed by atoms with van der Waals surface area (Å²) in [6.45, 7) is 0.373. The molecule has 29 heavy (non-hydrogen) atoms. The molecule has 3 rings (SSSR count). The predicted molar refractivity (Wildman–Crippen MR) is 103 cm³/mol. The van der Waals surface area contributed by atoms with E-state index in [1.54, 1.807) is 31.4 Å². The van der Waals surface area contributed by atoms with Crippen molar-refractivity contribution >= 4 is 0 Å². The fourth-order valence-corrected chi connectivity index (χ4v) is 3.23. The first kappa shape index (κ1) is 19.7. The van der Waals surface area contributed by atoms with Gasteiger partial charge < -0.3 is 14.8 Å². The Morgan fingerprint density at radius 3 is 2.52 bits per heavy atom. The average Bonchev–Trinajstić information content (AvgIpc) is 2.74. The third kappa shape index (κ3) is 4.12. The van der Waals surface area contributed by atoms with Gasteiger partial charge in [0.05, 0.1) is 24.2 Å². The summed E-state index contributed by atoms with van der Waals surface area (Å²) < 4.78 is 10.9. The summed E-state index contributed by atoms with van der Waals surface area (Å²) in [6, 6.07) is 18.0. The lowest BCUT2D eigenvalue weighted by molar-refractivity contribution is -0.434. The highest BCUT2D eigenvalue weighted by molar-refractivity contribution is 5.46. The molecule has 0 radical (unpaired) electrons. The molecule has 8 nitrogen and oxygen atoms in total. The van der Waals surface area contributed by atoms with Crippen LogP contribution < -0.4 is 14.8 Å². The minimum Gasteiger partial charge on any atom is -0.497 e. The number of nitrogens with zero attached hydrogens (tertiary/aromatic N) is 3. The minimum atomic E-state index is -1.21. The molecular weight excluding hydrogens is 372 g/mol. The Morgan fingerprint density at radius 2 is 1.90 bits per heavy atom. The largest absolute Gasteiger partial charge is 0.497 e. The maximum absolute atomic E-state index is 11.8. The minimum absolute atomic E-state index is 0.0392. The molecule has 2 aromatic carbocycles. The molecule has 0 aromatic heterocycles. The van der Waals surface area contributed by atoms with Crippen molar-refractivity contribution in [1.29, 1.82) is 10.5 Å². The van der Waals surface area contributed by atoms with E-state index < -0.39 is 16.8 Å². The van der Waals surface area contributed by atoms with Crippen molar-refractivity contribution in [3.05, 3.63) is 81.4 Å². The molecule has 1 heterocycles.